The molecule has 0 spiro atoms. The lowest BCUT2D eigenvalue weighted by Gasteiger charge is -2.15. The summed E-state index contributed by atoms with van der Waals surface area (Å²) in [6.45, 7) is 3.50. The lowest BCUT2D eigenvalue weighted by Crippen LogP contribution is -2.33. The number of anilines is 1. The number of nitrogens with one attached hydrogen (secondary N) is 1. The van der Waals surface area contributed by atoms with Gasteiger partial charge in [-0.3, -0.25) is 9.69 Å². The van der Waals surface area contributed by atoms with Crippen LogP contribution in [0.3, 0.4) is 0 Å². The monoisotopic (exact) mass is 391 g/mol. The van der Waals surface area contributed by atoms with Gasteiger partial charge in [0.1, 0.15) is 28.4 Å². The Labute approximate surface area is 160 Å². The number of imidazole rings is 1. The molecule has 2 amide bonds. The molecule has 3 rings (SSSR count). The molecule has 0 aliphatic carbocycles. The van der Waals surface area contributed by atoms with Crippen LogP contribution in [-0.4, -0.2) is 45.7 Å². The number of aryl methyl sites for hydroxylation is 1. The second-order valence-corrected chi connectivity index (χ2v) is 6.54. The fourth-order valence-electron chi connectivity index (χ4n) is 2.79. The van der Waals surface area contributed by atoms with E-state index in [2.05, 4.69) is 10.3 Å². The van der Waals surface area contributed by atoms with Gasteiger partial charge in [-0.05, 0) is 25.1 Å². The van der Waals surface area contributed by atoms with Crippen LogP contribution in [0.15, 0.2) is 24.4 Å². The smallest absolute Gasteiger partial charge is 0.414 e. The van der Waals surface area contributed by atoms with E-state index in [1.54, 1.807) is 19.2 Å². The second kappa shape index (κ2) is 7.31. The van der Waals surface area contributed by atoms with Crippen molar-refractivity contribution in [2.75, 3.05) is 18.0 Å². The molecule has 0 saturated carbocycles. The van der Waals surface area contributed by atoms with Crippen LogP contribution in [0.5, 0.6) is 0 Å². The lowest BCUT2D eigenvalue weighted by molar-refractivity contribution is -0.119. The van der Waals surface area contributed by atoms with Gasteiger partial charge in [-0.2, -0.15) is 0 Å². The fraction of sp³-hybridized carbons (Fsp3) is 0.294. The van der Waals surface area contributed by atoms with E-state index in [1.807, 2.05) is 0 Å². The first-order chi connectivity index (χ1) is 12.8. The van der Waals surface area contributed by atoms with Crippen LogP contribution in [0.2, 0.25) is 0 Å². The predicted molar refractivity (Wildman–Crippen MR) is 100 cm³/mol. The first-order valence-electron chi connectivity index (χ1n) is 8.14. The molecule has 3 N–H and O–H groups in total. The third-order valence-corrected chi connectivity index (χ3v) is 4.30. The summed E-state index contributed by atoms with van der Waals surface area (Å²) in [5, 5.41) is 2.59. The average molecular weight is 391 g/mol. The van der Waals surface area contributed by atoms with Crippen LogP contribution < -0.4 is 16.0 Å². The van der Waals surface area contributed by atoms with E-state index in [-0.39, 0.29) is 29.7 Å². The first kappa shape index (κ1) is 18.8. The molecule has 1 atom stereocenters. The van der Waals surface area contributed by atoms with Crippen LogP contribution >= 0.6 is 12.2 Å². The molecule has 8 nitrogen and oxygen atoms in total. The van der Waals surface area contributed by atoms with Crippen LogP contribution in [0.25, 0.3) is 5.69 Å². The summed E-state index contributed by atoms with van der Waals surface area (Å²) >= 11 is 4.90. The number of halogens is 1. The van der Waals surface area contributed by atoms with E-state index in [0.29, 0.717) is 17.2 Å². The molecule has 1 saturated heterocycles. The minimum atomic E-state index is -0.591. The van der Waals surface area contributed by atoms with Crippen molar-refractivity contribution in [3.8, 4) is 5.69 Å². The highest BCUT2D eigenvalue weighted by molar-refractivity contribution is 7.80. The quantitative estimate of drug-likeness (QED) is 0.748. The number of benzene rings is 1. The Morgan fingerprint density at radius 3 is 2.85 bits per heavy atom. The zero-order valence-electron chi connectivity index (χ0n) is 14.7. The van der Waals surface area contributed by atoms with Gasteiger partial charge >= 0.3 is 6.09 Å². The summed E-state index contributed by atoms with van der Waals surface area (Å²) in [4.78, 5) is 28.7. The van der Waals surface area contributed by atoms with E-state index < -0.39 is 18.0 Å². The Bertz CT molecular complexity index is 929. The standard InChI is InChI=1S/C17H18FN5O3S/c1-9-21-14(16(19)27)8-22(9)15-4-3-11(5-13(15)18)23-7-12(26-17(23)25)6-20-10(2)24/h3-5,8,12H,6-7H2,1-2H3,(H2,19,27)(H,20,24). The van der Waals surface area contributed by atoms with Gasteiger partial charge < -0.3 is 20.4 Å². The Morgan fingerprint density at radius 2 is 2.26 bits per heavy atom. The third-order valence-electron chi connectivity index (χ3n) is 4.09. The normalized spacial score (nSPS) is 16.3. The van der Waals surface area contributed by atoms with Crippen molar-refractivity contribution in [2.24, 2.45) is 5.73 Å². The van der Waals surface area contributed by atoms with Crippen LogP contribution in [0, 0.1) is 12.7 Å². The van der Waals surface area contributed by atoms with Crippen molar-refractivity contribution in [1.82, 2.24) is 14.9 Å². The van der Waals surface area contributed by atoms with Gasteiger partial charge in [0.25, 0.3) is 0 Å². The van der Waals surface area contributed by atoms with E-state index in [1.165, 1.54) is 28.5 Å². The summed E-state index contributed by atoms with van der Waals surface area (Å²) in [5.74, 6) is -0.229. The molecule has 1 aliphatic heterocycles. The first-order valence-corrected chi connectivity index (χ1v) is 8.55. The van der Waals surface area contributed by atoms with E-state index in [9.17, 15) is 14.0 Å². The summed E-state index contributed by atoms with van der Waals surface area (Å²) in [5.41, 5.74) is 6.58. The topological polar surface area (TPSA) is 102 Å². The summed E-state index contributed by atoms with van der Waals surface area (Å²) in [6, 6.07) is 4.40. The number of rotatable bonds is 5. The van der Waals surface area contributed by atoms with Crippen LogP contribution in [0.4, 0.5) is 14.9 Å². The highest BCUT2D eigenvalue weighted by atomic mass is 32.1. The molecule has 2 aromatic rings. The molecular formula is C17H18FN5O3S. The van der Waals surface area contributed by atoms with Crippen molar-refractivity contribution in [3.63, 3.8) is 0 Å². The Hall–Kier alpha value is -3.01. The summed E-state index contributed by atoms with van der Waals surface area (Å²) < 4.78 is 21.4. The number of carbonyl (C=O) groups is 2. The fourth-order valence-corrected chi connectivity index (χ4v) is 2.89. The highest BCUT2D eigenvalue weighted by Crippen LogP contribution is 2.26. The SMILES string of the molecule is CC(=O)NCC1CN(c2ccc(-n3cc(C(N)=S)nc3C)c(F)c2)C(=O)O1. The van der Waals surface area contributed by atoms with Gasteiger partial charge in [0, 0.05) is 13.1 Å². The van der Waals surface area contributed by atoms with Crippen molar-refractivity contribution < 1.29 is 18.7 Å². The van der Waals surface area contributed by atoms with Gasteiger partial charge in [0.2, 0.25) is 5.91 Å². The summed E-state index contributed by atoms with van der Waals surface area (Å²) in [7, 11) is 0. The maximum atomic E-state index is 14.7. The number of carbonyl (C=O) groups excluding carboxylic acids is 2. The molecule has 1 aromatic carbocycles. The maximum absolute atomic E-state index is 14.7. The van der Waals surface area contributed by atoms with E-state index in [4.69, 9.17) is 22.7 Å². The number of nitrogens with zero attached hydrogens (tertiary/aromatic N) is 3. The number of thiocarbonyl (C=S) groups is 1. The van der Waals surface area contributed by atoms with Crippen molar-refractivity contribution in [3.05, 3.63) is 41.7 Å². The number of cyclic esters (lactones) is 1. The zero-order valence-corrected chi connectivity index (χ0v) is 15.5. The van der Waals surface area contributed by atoms with Gasteiger partial charge in [-0.25, -0.2) is 14.2 Å². The number of hydrogen-bond acceptors (Lipinski definition) is 5. The van der Waals surface area contributed by atoms with Crippen molar-refractivity contribution >= 4 is 34.9 Å². The third kappa shape index (κ3) is 3.90. The molecule has 1 aliphatic rings. The minimum Gasteiger partial charge on any atom is -0.442 e. The molecule has 0 radical (unpaired) electrons. The van der Waals surface area contributed by atoms with Gasteiger partial charge in [-0.15, -0.1) is 0 Å². The molecule has 1 aromatic heterocycles. The Balaban J connectivity index is 1.82. The largest absolute Gasteiger partial charge is 0.442 e. The zero-order chi connectivity index (χ0) is 19.7. The maximum Gasteiger partial charge on any atom is 0.414 e. The number of hydrogen-bond donors (Lipinski definition) is 2. The molecular weight excluding hydrogens is 373 g/mol. The number of aromatic nitrogens is 2. The number of amides is 2. The van der Waals surface area contributed by atoms with Gasteiger partial charge in [0.15, 0.2) is 0 Å². The molecule has 142 valence electrons. The molecule has 1 fully saturated rings. The van der Waals surface area contributed by atoms with Crippen molar-refractivity contribution in [2.45, 2.75) is 20.0 Å². The molecule has 10 heteroatoms. The molecule has 2 heterocycles. The molecule has 27 heavy (non-hydrogen) atoms. The van der Waals surface area contributed by atoms with Gasteiger partial charge in [-0.1, -0.05) is 12.2 Å². The average Bonchev–Trinajstić information content (AvgIpc) is 3.16. The lowest BCUT2D eigenvalue weighted by atomic mass is 10.2. The molecule has 1 unspecified atom stereocenters. The van der Waals surface area contributed by atoms with Crippen LogP contribution in [0.1, 0.15) is 18.4 Å². The minimum absolute atomic E-state index is 0.124. The van der Waals surface area contributed by atoms with Crippen molar-refractivity contribution in [1.29, 1.82) is 0 Å². The Kier molecular flexibility index (Phi) is 5.08. The van der Waals surface area contributed by atoms with Gasteiger partial charge in [0.05, 0.1) is 24.5 Å². The summed E-state index contributed by atoms with van der Waals surface area (Å²) in [6.07, 6.45) is 0.476. The highest BCUT2D eigenvalue weighted by Gasteiger charge is 2.32. The predicted octanol–water partition coefficient (Wildman–Crippen LogP) is 1.42. The van der Waals surface area contributed by atoms with E-state index >= 15 is 0 Å². The number of nitrogens with two attached hydrogens (primary N) is 1. The number of ether oxygens (including phenoxy) is 1. The second-order valence-electron chi connectivity index (χ2n) is 6.10. The van der Waals surface area contributed by atoms with Crippen LogP contribution in [-0.2, 0) is 9.53 Å². The van der Waals surface area contributed by atoms with E-state index in [0.717, 1.165) is 0 Å². The Morgan fingerprint density at radius 1 is 1.52 bits per heavy atom. The molecule has 0 bridgehead atoms.